The zero-order valence-electron chi connectivity index (χ0n) is 13.5. The van der Waals surface area contributed by atoms with Crippen LogP contribution in [0.5, 0.6) is 0 Å². The van der Waals surface area contributed by atoms with Crippen LogP contribution < -0.4 is 5.56 Å². The second kappa shape index (κ2) is 5.99. The molecule has 0 unspecified atom stereocenters. The molecule has 2 N–H and O–H groups in total. The third kappa shape index (κ3) is 2.59. The van der Waals surface area contributed by atoms with Crippen LogP contribution in [-0.2, 0) is 26.1 Å². The average Bonchev–Trinajstić information content (AvgIpc) is 2.92. The highest BCUT2D eigenvalue weighted by atomic mass is 32.1. The number of fused-ring (bicyclic) bond motifs is 2. The number of para-hydroxylation sites is 2. The number of benzene rings is 1. The quantitative estimate of drug-likeness (QED) is 0.718. The molecule has 3 aromatic rings. The zero-order chi connectivity index (χ0) is 16.7. The molecule has 7 heteroatoms. The molecule has 2 aromatic heterocycles. The summed E-state index contributed by atoms with van der Waals surface area (Å²) in [6.45, 7) is 5.25. The molecule has 24 heavy (non-hydrogen) atoms. The summed E-state index contributed by atoms with van der Waals surface area (Å²) in [5.74, 6) is 1.04. The van der Waals surface area contributed by atoms with Crippen LogP contribution in [0, 0.1) is 4.77 Å². The average molecular weight is 341 g/mol. The molecule has 0 fully saturated rings. The molecule has 6 nitrogen and oxygen atoms in total. The lowest BCUT2D eigenvalue weighted by atomic mass is 10.1. The van der Waals surface area contributed by atoms with Crippen molar-refractivity contribution in [2.75, 3.05) is 6.54 Å². The summed E-state index contributed by atoms with van der Waals surface area (Å²) in [6.07, 6.45) is 0.801. The fraction of sp³-hybridized carbons (Fsp3) is 0.353. The van der Waals surface area contributed by atoms with E-state index in [2.05, 4.69) is 32.4 Å². The number of aromatic nitrogens is 4. The van der Waals surface area contributed by atoms with Crippen LogP contribution in [0.2, 0.25) is 0 Å². The first-order chi connectivity index (χ1) is 11.7. The number of H-pyrrole nitrogens is 2. The number of nitrogens with one attached hydrogen (secondary N) is 2. The highest BCUT2D eigenvalue weighted by Crippen LogP contribution is 2.20. The second-order valence-electron chi connectivity index (χ2n) is 6.09. The van der Waals surface area contributed by atoms with E-state index in [1.807, 2.05) is 18.2 Å². The van der Waals surface area contributed by atoms with Crippen molar-refractivity contribution in [1.29, 1.82) is 0 Å². The molecule has 0 amide bonds. The van der Waals surface area contributed by atoms with Crippen LogP contribution in [0.4, 0.5) is 0 Å². The van der Waals surface area contributed by atoms with Crippen molar-refractivity contribution in [3.63, 3.8) is 0 Å². The van der Waals surface area contributed by atoms with Gasteiger partial charge in [0, 0.05) is 31.7 Å². The molecule has 1 aromatic carbocycles. The van der Waals surface area contributed by atoms with Gasteiger partial charge in [0.15, 0.2) is 4.77 Å². The van der Waals surface area contributed by atoms with Crippen LogP contribution in [0.1, 0.15) is 24.0 Å². The van der Waals surface area contributed by atoms with Gasteiger partial charge in [-0.3, -0.25) is 14.7 Å². The maximum atomic E-state index is 12.2. The molecule has 1 aliphatic rings. The van der Waals surface area contributed by atoms with Gasteiger partial charge in [-0.05, 0) is 31.3 Å². The predicted octanol–water partition coefficient (Wildman–Crippen LogP) is 2.36. The van der Waals surface area contributed by atoms with E-state index >= 15 is 0 Å². The van der Waals surface area contributed by atoms with Crippen molar-refractivity contribution >= 4 is 23.3 Å². The van der Waals surface area contributed by atoms with Crippen LogP contribution in [-0.4, -0.2) is 31.0 Å². The van der Waals surface area contributed by atoms with E-state index in [0.29, 0.717) is 11.3 Å². The van der Waals surface area contributed by atoms with Crippen molar-refractivity contribution in [3.05, 3.63) is 56.5 Å². The SMILES string of the molecule is CCn1c(CN2CCc3[nH]c(=S)[nH]c(=O)c3C2)nc2ccccc21. The number of hydrogen-bond acceptors (Lipinski definition) is 4. The lowest BCUT2D eigenvalue weighted by Gasteiger charge is -2.27. The number of nitrogens with zero attached hydrogens (tertiary/aromatic N) is 3. The Morgan fingerprint density at radius 3 is 2.96 bits per heavy atom. The summed E-state index contributed by atoms with van der Waals surface area (Å²) in [7, 11) is 0. The Bertz CT molecular complexity index is 1020. The Hall–Kier alpha value is -2.25. The summed E-state index contributed by atoms with van der Waals surface area (Å²) >= 11 is 5.05. The molecule has 4 rings (SSSR count). The standard InChI is InChI=1S/C17H19N5OS/c1-2-22-14-6-4-3-5-13(14)18-15(22)10-21-8-7-12-11(9-21)16(23)20-17(24)19-12/h3-6H,2,7-10H2,1H3,(H2,19,20,23,24). The van der Waals surface area contributed by atoms with E-state index in [4.69, 9.17) is 17.2 Å². The highest BCUT2D eigenvalue weighted by Gasteiger charge is 2.21. The first-order valence-corrected chi connectivity index (χ1v) is 8.57. The van der Waals surface area contributed by atoms with Gasteiger partial charge in [0.1, 0.15) is 5.82 Å². The fourth-order valence-corrected chi connectivity index (χ4v) is 3.66. The Kier molecular flexibility index (Phi) is 3.82. The lowest BCUT2D eigenvalue weighted by molar-refractivity contribution is 0.233. The normalized spacial score (nSPS) is 14.9. The van der Waals surface area contributed by atoms with Gasteiger partial charge in [-0.15, -0.1) is 0 Å². The third-order valence-electron chi connectivity index (χ3n) is 4.60. The smallest absolute Gasteiger partial charge is 0.256 e. The molecular formula is C17H19N5OS. The molecule has 0 aliphatic carbocycles. The van der Waals surface area contributed by atoms with Crippen LogP contribution in [0.15, 0.2) is 29.1 Å². The summed E-state index contributed by atoms with van der Waals surface area (Å²) in [4.78, 5) is 25.0. The van der Waals surface area contributed by atoms with Gasteiger partial charge < -0.3 is 9.55 Å². The zero-order valence-corrected chi connectivity index (χ0v) is 14.3. The summed E-state index contributed by atoms with van der Waals surface area (Å²) in [5, 5.41) is 0. The van der Waals surface area contributed by atoms with E-state index in [0.717, 1.165) is 54.2 Å². The molecule has 0 saturated carbocycles. The molecule has 124 valence electrons. The molecule has 0 bridgehead atoms. The molecule has 3 heterocycles. The molecule has 1 aliphatic heterocycles. The minimum atomic E-state index is -0.0811. The van der Waals surface area contributed by atoms with E-state index in [-0.39, 0.29) is 5.56 Å². The maximum Gasteiger partial charge on any atom is 0.256 e. The number of rotatable bonds is 3. The Labute approximate surface area is 144 Å². The fourth-order valence-electron chi connectivity index (χ4n) is 3.45. The molecule has 0 spiro atoms. The van der Waals surface area contributed by atoms with Gasteiger partial charge in [0.2, 0.25) is 0 Å². The van der Waals surface area contributed by atoms with Gasteiger partial charge in [0.05, 0.1) is 23.1 Å². The van der Waals surface area contributed by atoms with Crippen LogP contribution in [0.3, 0.4) is 0 Å². The second-order valence-corrected chi connectivity index (χ2v) is 6.50. The minimum Gasteiger partial charge on any atom is -0.335 e. The van der Waals surface area contributed by atoms with Crippen molar-refractivity contribution in [2.24, 2.45) is 0 Å². The third-order valence-corrected chi connectivity index (χ3v) is 4.81. The number of imidazole rings is 1. The summed E-state index contributed by atoms with van der Waals surface area (Å²) in [5.41, 5.74) is 3.85. The number of aromatic amines is 2. The minimum absolute atomic E-state index is 0.0811. The van der Waals surface area contributed by atoms with Crippen LogP contribution >= 0.6 is 12.2 Å². The van der Waals surface area contributed by atoms with Crippen molar-refractivity contribution in [2.45, 2.75) is 33.0 Å². The van der Waals surface area contributed by atoms with E-state index in [1.165, 1.54) is 0 Å². The molecular weight excluding hydrogens is 322 g/mol. The first kappa shape index (κ1) is 15.3. The summed E-state index contributed by atoms with van der Waals surface area (Å²) in [6, 6.07) is 8.20. The van der Waals surface area contributed by atoms with Gasteiger partial charge in [-0.25, -0.2) is 4.98 Å². The highest BCUT2D eigenvalue weighted by molar-refractivity contribution is 7.71. The number of aryl methyl sites for hydroxylation is 1. The number of hydrogen-bond donors (Lipinski definition) is 2. The van der Waals surface area contributed by atoms with Gasteiger partial charge >= 0.3 is 0 Å². The van der Waals surface area contributed by atoms with Crippen LogP contribution in [0.25, 0.3) is 11.0 Å². The Balaban J connectivity index is 1.65. The molecule has 0 atom stereocenters. The Morgan fingerprint density at radius 1 is 1.29 bits per heavy atom. The summed E-state index contributed by atoms with van der Waals surface area (Å²) < 4.78 is 2.65. The predicted molar refractivity (Wildman–Crippen MR) is 95.5 cm³/mol. The van der Waals surface area contributed by atoms with Gasteiger partial charge in [-0.2, -0.15) is 0 Å². The van der Waals surface area contributed by atoms with E-state index in [1.54, 1.807) is 0 Å². The largest absolute Gasteiger partial charge is 0.335 e. The monoisotopic (exact) mass is 341 g/mol. The van der Waals surface area contributed by atoms with Gasteiger partial charge in [-0.1, -0.05) is 12.1 Å². The van der Waals surface area contributed by atoms with E-state index < -0.39 is 0 Å². The first-order valence-electron chi connectivity index (χ1n) is 8.16. The van der Waals surface area contributed by atoms with Crippen molar-refractivity contribution < 1.29 is 0 Å². The van der Waals surface area contributed by atoms with E-state index in [9.17, 15) is 4.79 Å². The topological polar surface area (TPSA) is 69.7 Å². The lowest BCUT2D eigenvalue weighted by Crippen LogP contribution is -2.35. The van der Waals surface area contributed by atoms with Crippen molar-refractivity contribution in [3.8, 4) is 0 Å². The maximum absolute atomic E-state index is 12.2. The van der Waals surface area contributed by atoms with Gasteiger partial charge in [0.25, 0.3) is 5.56 Å². The molecule has 0 radical (unpaired) electrons. The van der Waals surface area contributed by atoms with Crippen molar-refractivity contribution in [1.82, 2.24) is 24.4 Å². The Morgan fingerprint density at radius 2 is 2.12 bits per heavy atom. The molecule has 0 saturated heterocycles.